The maximum Gasteiger partial charge on any atom is 0.335 e. The van der Waals surface area contributed by atoms with E-state index in [1.165, 1.54) is 19.2 Å². The molecule has 0 aromatic heterocycles. The van der Waals surface area contributed by atoms with E-state index in [2.05, 4.69) is 10.6 Å². The number of urea groups is 1. The monoisotopic (exact) mass is 547 g/mol. The van der Waals surface area contributed by atoms with Gasteiger partial charge < -0.3 is 34.9 Å². The zero-order valence-corrected chi connectivity index (χ0v) is 22.7. The fourth-order valence-corrected chi connectivity index (χ4v) is 4.61. The highest BCUT2D eigenvalue weighted by Crippen LogP contribution is 2.28. The first-order valence-corrected chi connectivity index (χ1v) is 12.9. The van der Waals surface area contributed by atoms with Gasteiger partial charge >= 0.3 is 12.0 Å². The Balaban J connectivity index is 1.39. The summed E-state index contributed by atoms with van der Waals surface area (Å²) >= 11 is 0. The van der Waals surface area contributed by atoms with E-state index >= 15 is 0 Å². The van der Waals surface area contributed by atoms with Crippen molar-refractivity contribution in [2.24, 2.45) is 0 Å². The second-order valence-electron chi connectivity index (χ2n) is 9.54. The second-order valence-corrected chi connectivity index (χ2v) is 9.54. The first-order chi connectivity index (χ1) is 19.3. The third kappa shape index (κ3) is 7.09. The van der Waals surface area contributed by atoms with Crippen LogP contribution in [0, 0.1) is 6.92 Å². The van der Waals surface area contributed by atoms with Crippen molar-refractivity contribution in [3.8, 4) is 11.5 Å². The highest BCUT2D eigenvalue weighted by molar-refractivity contribution is 6.01. The van der Waals surface area contributed by atoms with Gasteiger partial charge in [0, 0.05) is 19.3 Å². The van der Waals surface area contributed by atoms with Crippen LogP contribution >= 0.6 is 0 Å². The van der Waals surface area contributed by atoms with Crippen LogP contribution in [0.25, 0.3) is 0 Å². The quantitative estimate of drug-likeness (QED) is 0.339. The summed E-state index contributed by atoms with van der Waals surface area (Å²) in [6.45, 7) is 2.60. The van der Waals surface area contributed by atoms with Crippen molar-refractivity contribution >= 4 is 29.3 Å². The van der Waals surface area contributed by atoms with Crippen LogP contribution in [0.1, 0.15) is 27.9 Å². The molecule has 3 N–H and O–H groups in total. The number of aryl methyl sites for hydroxylation is 1. The summed E-state index contributed by atoms with van der Waals surface area (Å²) in [4.78, 5) is 38.7. The maximum absolute atomic E-state index is 13.3. The molecule has 1 aliphatic heterocycles. The first kappa shape index (κ1) is 28.4. The molecule has 40 heavy (non-hydrogen) atoms. The Labute approximate surface area is 232 Å². The lowest BCUT2D eigenvalue weighted by molar-refractivity contribution is -0.132. The van der Waals surface area contributed by atoms with Crippen molar-refractivity contribution in [2.45, 2.75) is 31.9 Å². The number of carboxylic acid groups (broad SMARTS) is 1. The molecule has 0 radical (unpaired) electrons. The van der Waals surface area contributed by atoms with Gasteiger partial charge in [-0.05, 0) is 66.9 Å². The summed E-state index contributed by atoms with van der Waals surface area (Å²) in [5, 5.41) is 14.7. The number of hydrogen-bond donors (Lipinski definition) is 3. The number of carboxylic acids is 1. The summed E-state index contributed by atoms with van der Waals surface area (Å²) in [6.07, 6.45) is 0.643. The van der Waals surface area contributed by atoms with Gasteiger partial charge in [0.2, 0.25) is 5.91 Å². The molecule has 210 valence electrons. The Morgan fingerprint density at radius 1 is 0.975 bits per heavy atom. The van der Waals surface area contributed by atoms with Crippen molar-refractivity contribution in [3.63, 3.8) is 0 Å². The second kappa shape index (κ2) is 13.0. The number of hydrogen-bond acceptors (Lipinski definition) is 6. The zero-order chi connectivity index (χ0) is 28.6. The third-order valence-corrected chi connectivity index (χ3v) is 6.84. The smallest absolute Gasteiger partial charge is 0.335 e. The standard InChI is InChI=1S/C30H33N3O7/c1-19-6-4-5-7-25(19)31-30(37)32-26-13-8-20(14-27(26)39-3)15-28(34)33-17-24(38-2)16-22(33)18-40-23-11-9-21(10-12-23)29(35)36/h4-14,22,24H,15-18H2,1-3H3,(H,35,36)(H2,31,32,37)/t22-,24-/m0/s1. The van der Waals surface area contributed by atoms with Crippen LogP contribution in [0.3, 0.4) is 0 Å². The summed E-state index contributed by atoms with van der Waals surface area (Å²) in [6, 6.07) is 18.2. The van der Waals surface area contributed by atoms with E-state index in [9.17, 15) is 14.4 Å². The summed E-state index contributed by atoms with van der Waals surface area (Å²) in [5.41, 5.74) is 3.03. The molecule has 3 amide bonds. The molecular weight excluding hydrogens is 514 g/mol. The Morgan fingerprint density at radius 2 is 1.70 bits per heavy atom. The number of para-hydroxylation sites is 1. The number of nitrogens with zero attached hydrogens (tertiary/aromatic N) is 1. The molecule has 10 nitrogen and oxygen atoms in total. The van der Waals surface area contributed by atoms with Crippen LogP contribution in [0.5, 0.6) is 11.5 Å². The molecule has 0 spiro atoms. The molecule has 2 atom stereocenters. The minimum absolute atomic E-state index is 0.0885. The van der Waals surface area contributed by atoms with Crippen molar-refractivity contribution in [3.05, 3.63) is 83.4 Å². The van der Waals surface area contributed by atoms with Crippen LogP contribution in [0.4, 0.5) is 16.2 Å². The van der Waals surface area contributed by atoms with Crippen molar-refractivity contribution < 1.29 is 33.7 Å². The van der Waals surface area contributed by atoms with E-state index in [-0.39, 0.29) is 36.6 Å². The van der Waals surface area contributed by atoms with Gasteiger partial charge in [-0.2, -0.15) is 0 Å². The summed E-state index contributed by atoms with van der Waals surface area (Å²) in [7, 11) is 3.12. The van der Waals surface area contributed by atoms with Crippen LogP contribution in [-0.2, 0) is 16.0 Å². The average Bonchev–Trinajstić information content (AvgIpc) is 3.38. The number of nitrogens with one attached hydrogen (secondary N) is 2. The van der Waals surface area contributed by atoms with Gasteiger partial charge in [0.05, 0.1) is 36.9 Å². The summed E-state index contributed by atoms with van der Waals surface area (Å²) in [5.74, 6) is -0.133. The van der Waals surface area contributed by atoms with Gasteiger partial charge in [-0.1, -0.05) is 24.3 Å². The molecule has 1 aliphatic rings. The number of carbonyl (C=O) groups excluding carboxylic acids is 2. The minimum atomic E-state index is -1.01. The largest absolute Gasteiger partial charge is 0.495 e. The number of aromatic carboxylic acids is 1. The number of ether oxygens (including phenoxy) is 3. The number of amides is 3. The third-order valence-electron chi connectivity index (χ3n) is 6.84. The number of rotatable bonds is 10. The Morgan fingerprint density at radius 3 is 2.38 bits per heavy atom. The predicted octanol–water partition coefficient (Wildman–Crippen LogP) is 4.58. The van der Waals surface area contributed by atoms with Crippen molar-refractivity contribution in [1.29, 1.82) is 0 Å². The average molecular weight is 548 g/mol. The molecule has 3 aromatic rings. The number of carbonyl (C=O) groups is 3. The van der Waals surface area contributed by atoms with Crippen LogP contribution in [0.2, 0.25) is 0 Å². The predicted molar refractivity (Wildman–Crippen MR) is 150 cm³/mol. The lowest BCUT2D eigenvalue weighted by Crippen LogP contribution is -2.40. The molecule has 1 saturated heterocycles. The lowest BCUT2D eigenvalue weighted by Gasteiger charge is -2.25. The van der Waals surface area contributed by atoms with Crippen LogP contribution in [0.15, 0.2) is 66.7 Å². The Kier molecular flexibility index (Phi) is 9.23. The van der Waals surface area contributed by atoms with E-state index in [1.54, 1.807) is 42.3 Å². The molecule has 4 rings (SSSR count). The van der Waals surface area contributed by atoms with Crippen LogP contribution < -0.4 is 20.1 Å². The minimum Gasteiger partial charge on any atom is -0.495 e. The van der Waals surface area contributed by atoms with E-state index in [0.29, 0.717) is 35.8 Å². The molecule has 1 heterocycles. The van der Waals surface area contributed by atoms with E-state index in [4.69, 9.17) is 19.3 Å². The number of benzene rings is 3. The summed E-state index contributed by atoms with van der Waals surface area (Å²) < 4.78 is 16.9. The topological polar surface area (TPSA) is 126 Å². The van der Waals surface area contributed by atoms with Gasteiger partial charge in [0.1, 0.15) is 18.1 Å². The zero-order valence-electron chi connectivity index (χ0n) is 22.7. The Hall–Kier alpha value is -4.57. The number of likely N-dealkylation sites (tertiary alicyclic amines) is 1. The van der Waals surface area contributed by atoms with Crippen molar-refractivity contribution in [1.82, 2.24) is 4.90 Å². The molecule has 0 unspecified atom stereocenters. The Bertz CT molecular complexity index is 1360. The molecule has 0 bridgehead atoms. The molecule has 0 aliphatic carbocycles. The highest BCUT2D eigenvalue weighted by Gasteiger charge is 2.35. The lowest BCUT2D eigenvalue weighted by atomic mass is 10.1. The van der Waals surface area contributed by atoms with Gasteiger partial charge in [0.15, 0.2) is 0 Å². The SMILES string of the molecule is COc1cc(CC(=O)N2C[C@@H](OC)C[C@H]2COc2ccc(C(=O)O)cc2)ccc1NC(=O)Nc1ccccc1C. The number of anilines is 2. The molecule has 1 fully saturated rings. The highest BCUT2D eigenvalue weighted by atomic mass is 16.5. The van der Waals surface area contributed by atoms with Gasteiger partial charge in [-0.25, -0.2) is 9.59 Å². The van der Waals surface area contributed by atoms with E-state index in [1.807, 2.05) is 31.2 Å². The van der Waals surface area contributed by atoms with Crippen molar-refractivity contribution in [2.75, 3.05) is 38.0 Å². The number of methoxy groups -OCH3 is 2. The first-order valence-electron chi connectivity index (χ1n) is 12.9. The van der Waals surface area contributed by atoms with Gasteiger partial charge in [-0.3, -0.25) is 4.79 Å². The van der Waals surface area contributed by atoms with Gasteiger partial charge in [-0.15, -0.1) is 0 Å². The van der Waals surface area contributed by atoms with E-state index < -0.39 is 12.0 Å². The van der Waals surface area contributed by atoms with Crippen LogP contribution in [-0.4, -0.2) is 67.4 Å². The molecule has 0 saturated carbocycles. The fourth-order valence-electron chi connectivity index (χ4n) is 4.61. The fraction of sp³-hybridized carbons (Fsp3) is 0.300. The van der Waals surface area contributed by atoms with E-state index in [0.717, 1.165) is 11.1 Å². The molecular formula is C30H33N3O7. The maximum atomic E-state index is 13.3. The molecule has 10 heteroatoms. The van der Waals surface area contributed by atoms with Gasteiger partial charge in [0.25, 0.3) is 0 Å². The normalized spacial score (nSPS) is 16.3. The molecule has 3 aromatic carbocycles.